The number of carbonyl (C=O) groups is 3. The fraction of sp³-hybridized carbons (Fsp3) is 0.238. The van der Waals surface area contributed by atoms with Crippen molar-refractivity contribution in [1.29, 1.82) is 0 Å². The van der Waals surface area contributed by atoms with Gasteiger partial charge in [0.25, 0.3) is 0 Å². The van der Waals surface area contributed by atoms with Gasteiger partial charge in [0.2, 0.25) is 17.7 Å². The number of anilines is 1. The van der Waals surface area contributed by atoms with E-state index in [1.165, 1.54) is 7.11 Å². The fourth-order valence-corrected chi connectivity index (χ4v) is 3.39. The van der Waals surface area contributed by atoms with Gasteiger partial charge in [0.15, 0.2) is 0 Å². The van der Waals surface area contributed by atoms with Crippen molar-refractivity contribution in [2.24, 2.45) is 0 Å². The molecule has 1 N–H and O–H groups in total. The molecule has 1 aliphatic heterocycles. The van der Waals surface area contributed by atoms with E-state index in [-0.39, 0.29) is 31.2 Å². The second-order valence-corrected chi connectivity index (χ2v) is 6.89. The lowest BCUT2D eigenvalue weighted by atomic mass is 10.1. The second-order valence-electron chi connectivity index (χ2n) is 6.89. The normalized spacial score (nSPS) is 13.9. The van der Waals surface area contributed by atoms with Gasteiger partial charge in [-0.05, 0) is 36.8 Å². The van der Waals surface area contributed by atoms with Gasteiger partial charge in [-0.2, -0.15) is 0 Å². The Bertz CT molecular complexity index is 1120. The van der Waals surface area contributed by atoms with Gasteiger partial charge in [-0.15, -0.1) is 0 Å². The molecule has 8 heteroatoms. The van der Waals surface area contributed by atoms with Crippen LogP contribution in [0.15, 0.2) is 42.7 Å². The maximum absolute atomic E-state index is 12.4. The average molecular weight is 392 g/mol. The molecule has 8 nitrogen and oxygen atoms in total. The average Bonchev–Trinajstić information content (AvgIpc) is 3.28. The third-order valence-corrected chi connectivity index (χ3v) is 4.90. The lowest BCUT2D eigenvalue weighted by Gasteiger charge is -2.15. The number of amides is 3. The summed E-state index contributed by atoms with van der Waals surface area (Å²) < 4.78 is 7.28. The van der Waals surface area contributed by atoms with Crippen LogP contribution in [-0.4, -0.2) is 45.7 Å². The van der Waals surface area contributed by atoms with Crippen LogP contribution in [-0.2, 0) is 14.4 Å². The number of nitrogens with zero attached hydrogens (tertiary/aromatic N) is 3. The number of carbonyl (C=O) groups excluding carboxylic acids is 3. The van der Waals surface area contributed by atoms with Crippen LogP contribution < -0.4 is 10.1 Å². The number of imidazole rings is 1. The summed E-state index contributed by atoms with van der Waals surface area (Å²) in [5, 5.41) is 2.74. The van der Waals surface area contributed by atoms with Crippen molar-refractivity contribution in [1.82, 2.24) is 14.3 Å². The van der Waals surface area contributed by atoms with E-state index in [0.29, 0.717) is 11.4 Å². The number of nitrogens with one attached hydrogen (secondary N) is 1. The molecule has 1 saturated heterocycles. The van der Waals surface area contributed by atoms with E-state index < -0.39 is 5.91 Å². The van der Waals surface area contributed by atoms with E-state index in [9.17, 15) is 14.4 Å². The highest BCUT2D eigenvalue weighted by molar-refractivity contribution is 6.06. The van der Waals surface area contributed by atoms with Gasteiger partial charge in [0.05, 0.1) is 18.5 Å². The number of fused-ring (bicyclic) bond motifs is 1. The number of imide groups is 1. The summed E-state index contributed by atoms with van der Waals surface area (Å²) >= 11 is 0. The number of hydrogen-bond donors (Lipinski definition) is 1. The zero-order chi connectivity index (χ0) is 20.5. The first-order chi connectivity index (χ1) is 14.0. The van der Waals surface area contributed by atoms with Crippen LogP contribution in [0.3, 0.4) is 0 Å². The molecule has 0 unspecified atom stereocenters. The summed E-state index contributed by atoms with van der Waals surface area (Å²) in [5.74, 6) is -0.645. The van der Waals surface area contributed by atoms with Crippen molar-refractivity contribution in [3.05, 3.63) is 48.3 Å². The minimum atomic E-state index is -0.463. The maximum Gasteiger partial charge on any atom is 0.244 e. The summed E-state index contributed by atoms with van der Waals surface area (Å²) in [6.45, 7) is 1.69. The molecule has 0 saturated carbocycles. The van der Waals surface area contributed by atoms with Crippen molar-refractivity contribution >= 4 is 29.1 Å². The number of aryl methyl sites for hydroxylation is 1. The van der Waals surface area contributed by atoms with Crippen molar-refractivity contribution in [3.63, 3.8) is 0 Å². The van der Waals surface area contributed by atoms with E-state index >= 15 is 0 Å². The second kappa shape index (κ2) is 7.38. The number of benzene rings is 1. The van der Waals surface area contributed by atoms with E-state index in [2.05, 4.69) is 10.3 Å². The summed E-state index contributed by atoms with van der Waals surface area (Å²) in [7, 11) is 1.51. The molecule has 2 aromatic heterocycles. The van der Waals surface area contributed by atoms with E-state index in [1.54, 1.807) is 12.1 Å². The minimum absolute atomic E-state index is 0.151. The number of methoxy groups -OCH3 is 1. The van der Waals surface area contributed by atoms with Crippen LogP contribution in [0.4, 0.5) is 5.69 Å². The number of likely N-dealkylation sites (tertiary alicyclic amines) is 1. The Morgan fingerprint density at radius 2 is 1.97 bits per heavy atom. The first-order valence-electron chi connectivity index (χ1n) is 9.22. The molecular weight excluding hydrogens is 372 g/mol. The largest absolute Gasteiger partial charge is 0.495 e. The van der Waals surface area contributed by atoms with Crippen molar-refractivity contribution in [3.8, 4) is 17.0 Å². The fourth-order valence-electron chi connectivity index (χ4n) is 3.39. The van der Waals surface area contributed by atoms with Crippen LogP contribution >= 0.6 is 0 Å². The molecule has 0 spiro atoms. The van der Waals surface area contributed by atoms with Gasteiger partial charge in [0.1, 0.15) is 17.9 Å². The molecule has 0 atom stereocenters. The Morgan fingerprint density at radius 1 is 1.21 bits per heavy atom. The Hall–Kier alpha value is -3.68. The monoisotopic (exact) mass is 392 g/mol. The number of aromatic nitrogens is 2. The van der Waals surface area contributed by atoms with Gasteiger partial charge in [-0.1, -0.05) is 6.07 Å². The van der Waals surface area contributed by atoms with E-state index in [0.717, 1.165) is 27.4 Å². The van der Waals surface area contributed by atoms with Crippen molar-refractivity contribution < 1.29 is 19.1 Å². The van der Waals surface area contributed by atoms with Gasteiger partial charge in [-0.25, -0.2) is 4.98 Å². The molecule has 0 aliphatic carbocycles. The summed E-state index contributed by atoms with van der Waals surface area (Å²) in [6.07, 6.45) is 4.14. The zero-order valence-electron chi connectivity index (χ0n) is 16.1. The lowest BCUT2D eigenvalue weighted by Crippen LogP contribution is -2.36. The third kappa shape index (κ3) is 3.56. The number of rotatable bonds is 5. The Labute approximate surface area is 167 Å². The predicted octanol–water partition coefficient (Wildman–Crippen LogP) is 2.41. The van der Waals surface area contributed by atoms with Crippen LogP contribution in [0, 0.1) is 6.92 Å². The van der Waals surface area contributed by atoms with Crippen LogP contribution in [0.25, 0.3) is 16.9 Å². The van der Waals surface area contributed by atoms with Crippen LogP contribution in [0.1, 0.15) is 18.4 Å². The van der Waals surface area contributed by atoms with Crippen molar-refractivity contribution in [2.75, 3.05) is 19.0 Å². The highest BCUT2D eigenvalue weighted by Gasteiger charge is 2.30. The van der Waals surface area contributed by atoms with E-state index in [4.69, 9.17) is 4.74 Å². The van der Waals surface area contributed by atoms with Gasteiger partial charge in [0, 0.05) is 30.8 Å². The minimum Gasteiger partial charge on any atom is -0.495 e. The molecule has 1 aromatic carbocycles. The molecule has 1 aliphatic rings. The van der Waals surface area contributed by atoms with E-state index in [1.807, 2.05) is 41.9 Å². The standard InChI is InChI=1S/C21H20N4O4/c1-13-4-3-9-24-11-16(23-21(13)24)14-5-6-17(29-2)15(10-14)22-18(26)12-25-19(27)7-8-20(25)28/h3-6,9-11H,7-8,12H2,1-2H3,(H,22,26). The molecule has 1 fully saturated rings. The highest BCUT2D eigenvalue weighted by atomic mass is 16.5. The van der Waals surface area contributed by atoms with Crippen LogP contribution in [0.5, 0.6) is 5.75 Å². The zero-order valence-corrected chi connectivity index (χ0v) is 16.1. The van der Waals surface area contributed by atoms with Gasteiger partial charge < -0.3 is 14.5 Å². The Morgan fingerprint density at radius 3 is 2.66 bits per heavy atom. The molecule has 0 bridgehead atoms. The summed E-state index contributed by atoms with van der Waals surface area (Å²) in [4.78, 5) is 41.6. The first kappa shape index (κ1) is 18.7. The Balaban J connectivity index is 1.61. The molecule has 29 heavy (non-hydrogen) atoms. The summed E-state index contributed by atoms with van der Waals surface area (Å²) in [6, 6.07) is 9.32. The Kier molecular flexibility index (Phi) is 4.75. The molecule has 4 rings (SSSR count). The topological polar surface area (TPSA) is 93.0 Å². The lowest BCUT2D eigenvalue weighted by molar-refractivity contribution is -0.141. The first-order valence-corrected chi connectivity index (χ1v) is 9.22. The molecule has 0 radical (unpaired) electrons. The third-order valence-electron chi connectivity index (χ3n) is 4.90. The van der Waals surface area contributed by atoms with Gasteiger partial charge >= 0.3 is 0 Å². The number of hydrogen-bond acceptors (Lipinski definition) is 5. The molecular formula is C21H20N4O4. The molecule has 3 aromatic rings. The van der Waals surface area contributed by atoms with Crippen LogP contribution in [0.2, 0.25) is 0 Å². The summed E-state index contributed by atoms with van der Waals surface area (Å²) in [5.41, 5.74) is 3.92. The molecule has 3 amide bonds. The maximum atomic E-state index is 12.4. The SMILES string of the molecule is COc1ccc(-c2cn3cccc(C)c3n2)cc1NC(=O)CN1C(=O)CCC1=O. The smallest absolute Gasteiger partial charge is 0.244 e. The molecule has 148 valence electrons. The highest BCUT2D eigenvalue weighted by Crippen LogP contribution is 2.31. The number of pyridine rings is 1. The molecule has 3 heterocycles. The number of ether oxygens (including phenoxy) is 1. The van der Waals surface area contributed by atoms with Crippen molar-refractivity contribution in [2.45, 2.75) is 19.8 Å². The van der Waals surface area contributed by atoms with Gasteiger partial charge in [-0.3, -0.25) is 19.3 Å². The predicted molar refractivity (Wildman–Crippen MR) is 107 cm³/mol. The quantitative estimate of drug-likeness (QED) is 0.673.